The minimum Gasteiger partial charge on any atom is -0.344 e. The number of nitriles is 1. The number of nitrogens with one attached hydrogen (secondary N) is 2. The number of hydrogen-bond donors (Lipinski definition) is 2. The summed E-state index contributed by atoms with van der Waals surface area (Å²) in [5.41, 5.74) is 2.50. The first-order chi connectivity index (χ1) is 13.1. The van der Waals surface area contributed by atoms with Crippen LogP contribution in [-0.2, 0) is 4.79 Å². The van der Waals surface area contributed by atoms with Crippen molar-refractivity contribution in [2.24, 2.45) is 11.8 Å². The summed E-state index contributed by atoms with van der Waals surface area (Å²) in [4.78, 5) is 39.3. The highest BCUT2D eigenvalue weighted by Crippen LogP contribution is 2.39. The number of amides is 2. The van der Waals surface area contributed by atoms with Crippen LogP contribution in [0.2, 0.25) is 0 Å². The molecule has 8 nitrogen and oxygen atoms in total. The fourth-order valence-corrected chi connectivity index (χ4v) is 3.62. The highest BCUT2D eigenvalue weighted by atomic mass is 16.2. The maximum Gasteiger partial charge on any atom is 0.255 e. The van der Waals surface area contributed by atoms with Gasteiger partial charge in [0.25, 0.3) is 5.91 Å². The molecule has 1 saturated heterocycles. The van der Waals surface area contributed by atoms with E-state index in [1.54, 1.807) is 17.3 Å². The summed E-state index contributed by atoms with van der Waals surface area (Å²) in [6.07, 6.45) is 7.48. The Bertz CT molecular complexity index is 962. The molecular weight excluding hydrogens is 344 g/mol. The van der Waals surface area contributed by atoms with Crippen LogP contribution in [0.4, 0.5) is 0 Å². The van der Waals surface area contributed by atoms with Crippen LogP contribution in [0.1, 0.15) is 47.7 Å². The molecule has 2 aromatic heterocycles. The number of rotatable bonds is 5. The van der Waals surface area contributed by atoms with Crippen LogP contribution in [0.25, 0.3) is 11.2 Å². The third-order valence-electron chi connectivity index (χ3n) is 5.66. The van der Waals surface area contributed by atoms with E-state index in [1.807, 2.05) is 0 Å². The molecule has 2 amide bonds. The van der Waals surface area contributed by atoms with Crippen LogP contribution in [0.5, 0.6) is 0 Å². The molecule has 138 valence electrons. The molecule has 2 aromatic rings. The second-order valence-corrected chi connectivity index (χ2v) is 7.83. The Balaban J connectivity index is 1.35. The summed E-state index contributed by atoms with van der Waals surface area (Å²) >= 11 is 0. The van der Waals surface area contributed by atoms with Gasteiger partial charge in [0.1, 0.15) is 11.6 Å². The van der Waals surface area contributed by atoms with Gasteiger partial charge >= 0.3 is 0 Å². The monoisotopic (exact) mass is 364 g/mol. The van der Waals surface area contributed by atoms with E-state index in [-0.39, 0.29) is 23.7 Å². The first kappa shape index (κ1) is 16.2. The maximum absolute atomic E-state index is 12.9. The molecule has 0 radical (unpaired) electrons. The van der Waals surface area contributed by atoms with Crippen LogP contribution >= 0.6 is 0 Å². The Morgan fingerprint density at radius 1 is 1.30 bits per heavy atom. The van der Waals surface area contributed by atoms with Gasteiger partial charge in [-0.05, 0) is 31.6 Å². The third-order valence-corrected chi connectivity index (χ3v) is 5.66. The summed E-state index contributed by atoms with van der Waals surface area (Å²) in [6.45, 7) is 0.912. The highest BCUT2D eigenvalue weighted by molar-refractivity contribution is 6.06. The lowest BCUT2D eigenvalue weighted by Crippen LogP contribution is -2.57. The number of likely N-dealkylation sites (tertiary alicyclic amines) is 1. The molecule has 5 rings (SSSR count). The molecule has 2 saturated carbocycles. The molecule has 3 fully saturated rings. The second-order valence-electron chi connectivity index (χ2n) is 7.83. The molecule has 2 aliphatic carbocycles. The van der Waals surface area contributed by atoms with E-state index in [4.69, 9.17) is 5.26 Å². The minimum absolute atomic E-state index is 0.0815. The van der Waals surface area contributed by atoms with Gasteiger partial charge in [0.2, 0.25) is 5.91 Å². The van der Waals surface area contributed by atoms with Crippen molar-refractivity contribution in [3.8, 4) is 6.07 Å². The van der Waals surface area contributed by atoms with E-state index in [2.05, 4.69) is 26.3 Å². The van der Waals surface area contributed by atoms with Crippen LogP contribution < -0.4 is 5.32 Å². The molecule has 27 heavy (non-hydrogen) atoms. The molecule has 8 heteroatoms. The van der Waals surface area contributed by atoms with Crippen molar-refractivity contribution in [2.75, 3.05) is 13.1 Å². The number of carbonyl (C=O) groups is 2. The molecule has 1 aliphatic heterocycles. The van der Waals surface area contributed by atoms with Crippen LogP contribution in [0, 0.1) is 23.2 Å². The van der Waals surface area contributed by atoms with E-state index in [9.17, 15) is 9.59 Å². The van der Waals surface area contributed by atoms with Gasteiger partial charge in [0.15, 0.2) is 5.65 Å². The van der Waals surface area contributed by atoms with E-state index < -0.39 is 6.04 Å². The first-order valence-corrected chi connectivity index (χ1v) is 9.47. The standard InChI is InChI=1S/C19H20N6O2/c20-5-10-8-25(9-10)19(27)15(12-3-4-12)24-18(26)13-6-21-17-16(13)23-14(7-22-17)11-1-2-11/h6-7,10-12,15H,1-4,8-9H2,(H,21,22)(H,24,26)/t15-/m1/s1. The Morgan fingerprint density at radius 2 is 2.07 bits per heavy atom. The maximum atomic E-state index is 12.9. The quantitative estimate of drug-likeness (QED) is 0.830. The zero-order valence-electron chi connectivity index (χ0n) is 14.8. The second kappa shape index (κ2) is 6.05. The van der Waals surface area contributed by atoms with E-state index in [0.717, 1.165) is 31.4 Å². The van der Waals surface area contributed by atoms with Gasteiger partial charge in [0, 0.05) is 25.2 Å². The van der Waals surface area contributed by atoms with E-state index >= 15 is 0 Å². The highest BCUT2D eigenvalue weighted by Gasteiger charge is 2.43. The van der Waals surface area contributed by atoms with Gasteiger partial charge in [-0.2, -0.15) is 5.26 Å². The van der Waals surface area contributed by atoms with Crippen molar-refractivity contribution in [3.63, 3.8) is 0 Å². The van der Waals surface area contributed by atoms with Crippen molar-refractivity contribution in [1.29, 1.82) is 5.26 Å². The number of carbonyl (C=O) groups excluding carboxylic acids is 2. The number of fused-ring (bicyclic) bond motifs is 1. The van der Waals surface area contributed by atoms with E-state index in [0.29, 0.717) is 35.7 Å². The molecule has 0 spiro atoms. The van der Waals surface area contributed by atoms with E-state index in [1.165, 1.54) is 0 Å². The average molecular weight is 364 g/mol. The van der Waals surface area contributed by atoms with Crippen LogP contribution in [0.3, 0.4) is 0 Å². The molecule has 1 atom stereocenters. The van der Waals surface area contributed by atoms with Gasteiger partial charge < -0.3 is 15.2 Å². The van der Waals surface area contributed by atoms with Gasteiger partial charge in [-0.15, -0.1) is 0 Å². The van der Waals surface area contributed by atoms with Gasteiger partial charge in [-0.3, -0.25) is 9.59 Å². The predicted octanol–water partition coefficient (Wildman–Crippen LogP) is 1.33. The predicted molar refractivity (Wildman–Crippen MR) is 95.5 cm³/mol. The normalized spacial score (nSPS) is 20.8. The van der Waals surface area contributed by atoms with Gasteiger partial charge in [-0.1, -0.05) is 0 Å². The summed E-state index contributed by atoms with van der Waals surface area (Å²) in [6, 6.07) is 1.65. The molecule has 3 heterocycles. The summed E-state index contributed by atoms with van der Waals surface area (Å²) in [7, 11) is 0. The summed E-state index contributed by atoms with van der Waals surface area (Å²) < 4.78 is 0. The Kier molecular flexibility index (Phi) is 3.64. The Hall–Kier alpha value is -2.95. The fourth-order valence-electron chi connectivity index (χ4n) is 3.62. The fraction of sp³-hybridized carbons (Fsp3) is 0.526. The van der Waals surface area contributed by atoms with Crippen molar-refractivity contribution < 1.29 is 9.59 Å². The molecule has 2 N–H and O–H groups in total. The zero-order valence-corrected chi connectivity index (χ0v) is 14.8. The molecule has 0 bridgehead atoms. The lowest BCUT2D eigenvalue weighted by Gasteiger charge is -2.37. The summed E-state index contributed by atoms with van der Waals surface area (Å²) in [5, 5.41) is 11.8. The van der Waals surface area contributed by atoms with Gasteiger partial charge in [-0.25, -0.2) is 9.97 Å². The van der Waals surface area contributed by atoms with Crippen LogP contribution in [-0.4, -0.2) is 50.8 Å². The first-order valence-electron chi connectivity index (χ1n) is 9.47. The Morgan fingerprint density at radius 3 is 2.74 bits per heavy atom. The number of aromatic amines is 1. The van der Waals surface area contributed by atoms with Gasteiger partial charge in [0.05, 0.1) is 29.4 Å². The third kappa shape index (κ3) is 2.93. The SMILES string of the molecule is N#CC1CN(C(=O)[C@H](NC(=O)c2c[nH]c3ncc(C4CC4)nc23)C2CC2)C1. The molecular formula is C19H20N6O2. The number of aromatic nitrogens is 3. The number of nitrogens with zero attached hydrogens (tertiary/aromatic N) is 4. The zero-order chi connectivity index (χ0) is 18.5. The molecule has 3 aliphatic rings. The smallest absolute Gasteiger partial charge is 0.255 e. The van der Waals surface area contributed by atoms with Crippen molar-refractivity contribution in [1.82, 2.24) is 25.2 Å². The van der Waals surface area contributed by atoms with Crippen molar-refractivity contribution >= 4 is 23.0 Å². The number of H-pyrrole nitrogens is 1. The van der Waals surface area contributed by atoms with Crippen LogP contribution in [0.15, 0.2) is 12.4 Å². The number of hydrogen-bond acceptors (Lipinski definition) is 5. The topological polar surface area (TPSA) is 115 Å². The lowest BCUT2D eigenvalue weighted by atomic mass is 9.99. The average Bonchev–Trinajstić information content (AvgIpc) is 3.54. The minimum atomic E-state index is -0.526. The molecule has 0 aromatic carbocycles. The lowest BCUT2D eigenvalue weighted by molar-refractivity contribution is -0.138. The molecule has 0 unspecified atom stereocenters. The summed E-state index contributed by atoms with van der Waals surface area (Å²) in [5.74, 6) is 0.163. The van der Waals surface area contributed by atoms with Crippen molar-refractivity contribution in [3.05, 3.63) is 23.7 Å². The Labute approximate surface area is 156 Å². The van der Waals surface area contributed by atoms with Crippen molar-refractivity contribution in [2.45, 2.75) is 37.6 Å². The largest absolute Gasteiger partial charge is 0.344 e.